The van der Waals surface area contributed by atoms with Crippen molar-refractivity contribution >= 4 is 21.7 Å². The molecule has 1 aromatic carbocycles. The second kappa shape index (κ2) is 8.08. The molecule has 1 amide bonds. The Hall–Kier alpha value is -3.31. The Morgan fingerprint density at radius 3 is 2.39 bits per heavy atom. The van der Waals surface area contributed by atoms with Crippen LogP contribution in [0.1, 0.15) is 34.6 Å². The summed E-state index contributed by atoms with van der Waals surface area (Å²) in [7, 11) is -3.54. The molecule has 11 heteroatoms. The molecule has 1 saturated heterocycles. The van der Waals surface area contributed by atoms with E-state index in [-0.39, 0.29) is 22.0 Å². The molecule has 0 radical (unpaired) electrons. The van der Waals surface area contributed by atoms with Crippen LogP contribution in [0.3, 0.4) is 0 Å². The number of sulfonamides is 1. The van der Waals surface area contributed by atoms with Crippen LogP contribution in [0.2, 0.25) is 0 Å². The number of aromatic amines is 1. The van der Waals surface area contributed by atoms with Crippen molar-refractivity contribution < 1.29 is 13.2 Å². The van der Waals surface area contributed by atoms with Crippen molar-refractivity contribution in [3.05, 3.63) is 63.7 Å². The lowest BCUT2D eigenvalue weighted by atomic mass is 10.2. The molecular formula is C20H22N6O4S. The average molecular weight is 443 g/mol. The van der Waals surface area contributed by atoms with Crippen molar-refractivity contribution in [1.29, 1.82) is 0 Å². The molecule has 2 aromatic heterocycles. The number of hydrogen-bond acceptors (Lipinski definition) is 6. The number of amides is 1. The van der Waals surface area contributed by atoms with Crippen molar-refractivity contribution in [3.8, 4) is 5.95 Å². The van der Waals surface area contributed by atoms with Crippen LogP contribution in [0.25, 0.3) is 5.95 Å². The summed E-state index contributed by atoms with van der Waals surface area (Å²) in [4.78, 5) is 31.5. The zero-order valence-electron chi connectivity index (χ0n) is 17.1. The number of anilines is 1. The summed E-state index contributed by atoms with van der Waals surface area (Å²) < 4.78 is 28.1. The van der Waals surface area contributed by atoms with E-state index in [1.165, 1.54) is 39.3 Å². The highest BCUT2D eigenvalue weighted by atomic mass is 32.2. The van der Waals surface area contributed by atoms with E-state index in [1.54, 1.807) is 19.9 Å². The second-order valence-electron chi connectivity index (χ2n) is 7.38. The minimum absolute atomic E-state index is 0.161. The van der Waals surface area contributed by atoms with Gasteiger partial charge in [0, 0.05) is 36.5 Å². The van der Waals surface area contributed by atoms with Crippen LogP contribution < -0.4 is 10.9 Å². The van der Waals surface area contributed by atoms with Crippen LogP contribution in [0.15, 0.2) is 46.1 Å². The zero-order valence-corrected chi connectivity index (χ0v) is 17.9. The predicted octanol–water partition coefficient (Wildman–Crippen LogP) is 1.61. The molecule has 2 N–H and O–H groups in total. The van der Waals surface area contributed by atoms with Gasteiger partial charge in [-0.15, -0.1) is 0 Å². The van der Waals surface area contributed by atoms with Gasteiger partial charge in [-0.25, -0.2) is 13.4 Å². The number of carbonyl (C=O) groups excluding carboxylic acids is 1. The SMILES string of the molecule is Cc1cc(=O)[nH]c(-n2nc(C)cc2NC(=O)c2ccc(S(=O)(=O)N3CCCC3)cc2)n1. The molecule has 0 unspecified atom stereocenters. The number of nitrogens with zero attached hydrogens (tertiary/aromatic N) is 4. The molecule has 162 valence electrons. The normalized spacial score (nSPS) is 14.6. The van der Waals surface area contributed by atoms with Gasteiger partial charge in [0.2, 0.25) is 16.0 Å². The summed E-state index contributed by atoms with van der Waals surface area (Å²) >= 11 is 0. The van der Waals surface area contributed by atoms with Gasteiger partial charge in [0.1, 0.15) is 5.82 Å². The van der Waals surface area contributed by atoms with Crippen molar-refractivity contribution in [3.63, 3.8) is 0 Å². The van der Waals surface area contributed by atoms with E-state index in [9.17, 15) is 18.0 Å². The minimum Gasteiger partial charge on any atom is -0.306 e. The van der Waals surface area contributed by atoms with Gasteiger partial charge in [-0.1, -0.05) is 0 Å². The van der Waals surface area contributed by atoms with E-state index in [2.05, 4.69) is 20.4 Å². The fraction of sp³-hybridized carbons (Fsp3) is 0.300. The highest BCUT2D eigenvalue weighted by molar-refractivity contribution is 7.89. The van der Waals surface area contributed by atoms with Crippen molar-refractivity contribution in [2.75, 3.05) is 18.4 Å². The fourth-order valence-electron chi connectivity index (χ4n) is 3.46. The zero-order chi connectivity index (χ0) is 22.2. The number of benzene rings is 1. The summed E-state index contributed by atoms with van der Waals surface area (Å²) in [5.74, 6) is 0.0618. The molecule has 3 aromatic rings. The van der Waals surface area contributed by atoms with Gasteiger partial charge in [0.25, 0.3) is 11.5 Å². The van der Waals surface area contributed by atoms with Gasteiger partial charge in [0.05, 0.1) is 10.6 Å². The predicted molar refractivity (Wildman–Crippen MR) is 114 cm³/mol. The molecule has 4 rings (SSSR count). The van der Waals surface area contributed by atoms with E-state index in [1.807, 2.05) is 0 Å². The molecule has 10 nitrogen and oxygen atoms in total. The third-order valence-corrected chi connectivity index (χ3v) is 6.86. The van der Waals surface area contributed by atoms with E-state index in [0.29, 0.717) is 30.3 Å². The Morgan fingerprint density at radius 2 is 1.74 bits per heavy atom. The largest absolute Gasteiger partial charge is 0.306 e. The Labute approximate surface area is 179 Å². The average Bonchev–Trinajstić information content (AvgIpc) is 3.38. The summed E-state index contributed by atoms with van der Waals surface area (Å²) in [6.07, 6.45) is 1.71. The number of nitrogens with one attached hydrogen (secondary N) is 2. The van der Waals surface area contributed by atoms with Gasteiger partial charge >= 0.3 is 0 Å². The molecule has 3 heterocycles. The first kappa shape index (κ1) is 20.9. The maximum Gasteiger partial charge on any atom is 0.256 e. The van der Waals surface area contributed by atoms with Crippen LogP contribution >= 0.6 is 0 Å². The number of aromatic nitrogens is 4. The third kappa shape index (κ3) is 4.28. The monoisotopic (exact) mass is 442 g/mol. The molecule has 1 aliphatic heterocycles. The van der Waals surface area contributed by atoms with Gasteiger partial charge in [-0.2, -0.15) is 14.1 Å². The third-order valence-electron chi connectivity index (χ3n) is 4.95. The highest BCUT2D eigenvalue weighted by Crippen LogP contribution is 2.22. The number of aryl methyl sites for hydroxylation is 2. The van der Waals surface area contributed by atoms with Gasteiger partial charge in [0.15, 0.2) is 0 Å². The van der Waals surface area contributed by atoms with Crippen molar-refractivity contribution in [1.82, 2.24) is 24.1 Å². The summed E-state index contributed by atoms with van der Waals surface area (Å²) in [6.45, 7) is 4.47. The standard InChI is InChI=1S/C20H22N6O4S/c1-13-12-18(27)23-20(21-13)26-17(11-14(2)24-26)22-19(28)15-5-7-16(8-6-15)31(29,30)25-9-3-4-10-25/h5-8,11-12H,3-4,9-10H2,1-2H3,(H,22,28)(H,21,23,27). The van der Waals surface area contributed by atoms with E-state index in [4.69, 9.17) is 0 Å². The van der Waals surface area contributed by atoms with E-state index < -0.39 is 15.9 Å². The second-order valence-corrected chi connectivity index (χ2v) is 9.32. The lowest BCUT2D eigenvalue weighted by Crippen LogP contribution is -2.27. The molecule has 1 aliphatic rings. The smallest absolute Gasteiger partial charge is 0.256 e. The van der Waals surface area contributed by atoms with E-state index in [0.717, 1.165) is 12.8 Å². The molecule has 0 spiro atoms. The molecule has 1 fully saturated rings. The van der Waals surface area contributed by atoms with Crippen molar-refractivity contribution in [2.24, 2.45) is 0 Å². The van der Waals surface area contributed by atoms with Crippen molar-refractivity contribution in [2.45, 2.75) is 31.6 Å². The quantitative estimate of drug-likeness (QED) is 0.617. The number of rotatable bonds is 5. The minimum atomic E-state index is -3.54. The van der Waals surface area contributed by atoms with Gasteiger partial charge < -0.3 is 5.32 Å². The van der Waals surface area contributed by atoms with Crippen LogP contribution in [-0.4, -0.2) is 51.5 Å². The van der Waals surface area contributed by atoms with Crippen LogP contribution in [0, 0.1) is 13.8 Å². The topological polar surface area (TPSA) is 130 Å². The van der Waals surface area contributed by atoms with Gasteiger partial charge in [-0.05, 0) is 51.0 Å². The Balaban J connectivity index is 1.57. The summed E-state index contributed by atoms with van der Waals surface area (Å²) in [6, 6.07) is 8.81. The first-order valence-electron chi connectivity index (χ1n) is 9.80. The Morgan fingerprint density at radius 1 is 1.06 bits per heavy atom. The molecule has 0 bridgehead atoms. The number of carbonyl (C=O) groups is 1. The Bertz CT molecular complexity index is 1290. The fourth-order valence-corrected chi connectivity index (χ4v) is 4.97. The molecule has 0 saturated carbocycles. The first-order valence-corrected chi connectivity index (χ1v) is 11.2. The lowest BCUT2D eigenvalue weighted by Gasteiger charge is -2.15. The van der Waals surface area contributed by atoms with Crippen LogP contribution in [-0.2, 0) is 10.0 Å². The van der Waals surface area contributed by atoms with E-state index >= 15 is 0 Å². The van der Waals surface area contributed by atoms with Crippen LogP contribution in [0.5, 0.6) is 0 Å². The lowest BCUT2D eigenvalue weighted by molar-refractivity contribution is 0.102. The Kier molecular flexibility index (Phi) is 5.46. The molecule has 31 heavy (non-hydrogen) atoms. The first-order chi connectivity index (χ1) is 14.7. The number of H-pyrrole nitrogens is 1. The van der Waals surface area contributed by atoms with Crippen LogP contribution in [0.4, 0.5) is 5.82 Å². The molecule has 0 aliphatic carbocycles. The number of hydrogen-bond donors (Lipinski definition) is 2. The highest BCUT2D eigenvalue weighted by Gasteiger charge is 2.27. The molecule has 0 atom stereocenters. The van der Waals surface area contributed by atoms with Gasteiger partial charge in [-0.3, -0.25) is 14.6 Å². The maximum atomic E-state index is 12.8. The summed E-state index contributed by atoms with van der Waals surface area (Å²) in [5.41, 5.74) is 1.09. The summed E-state index contributed by atoms with van der Waals surface area (Å²) in [5, 5.41) is 7.02. The molecular weight excluding hydrogens is 420 g/mol. The maximum absolute atomic E-state index is 12.8.